The van der Waals surface area contributed by atoms with Crippen LogP contribution in [-0.4, -0.2) is 33.2 Å². The molecule has 0 aliphatic rings. The van der Waals surface area contributed by atoms with Crippen LogP contribution in [0.4, 0.5) is 5.13 Å². The number of thiazole rings is 1. The Morgan fingerprint density at radius 1 is 1.12 bits per heavy atom. The zero-order valence-corrected chi connectivity index (χ0v) is 19.7. The molecule has 7 nitrogen and oxygen atoms in total. The second-order valence-electron chi connectivity index (χ2n) is 6.78. The van der Waals surface area contributed by atoms with E-state index >= 15 is 0 Å². The van der Waals surface area contributed by atoms with Crippen LogP contribution in [0.15, 0.2) is 65.1 Å². The number of carbonyl (C=O) groups is 2. The maximum atomic E-state index is 12.5. The Hall–Kier alpha value is -3.30. The molecule has 4 aromatic rings. The fraction of sp³-hybridized carbons (Fsp3) is 0.130. The first kappa shape index (κ1) is 21.9. The second kappa shape index (κ2) is 9.46. The number of anilines is 1. The highest BCUT2D eigenvalue weighted by Gasteiger charge is 2.22. The molecule has 0 atom stereocenters. The molecule has 9 heteroatoms. The van der Waals surface area contributed by atoms with Crippen LogP contribution in [0.1, 0.15) is 33.5 Å². The molecule has 0 aliphatic heterocycles. The van der Waals surface area contributed by atoms with E-state index in [9.17, 15) is 9.59 Å². The molecular weight excluding hydrogens is 492 g/mol. The lowest BCUT2D eigenvalue weighted by atomic mass is 10.2. The van der Waals surface area contributed by atoms with Crippen LogP contribution in [0.25, 0.3) is 16.3 Å². The monoisotopic (exact) mass is 510 g/mol. The minimum absolute atomic E-state index is 0.201. The molecule has 2 aromatic heterocycles. The molecule has 162 valence electrons. The highest BCUT2D eigenvalue weighted by atomic mass is 79.9. The van der Waals surface area contributed by atoms with Crippen molar-refractivity contribution >= 4 is 44.3 Å². The number of amides is 1. The van der Waals surface area contributed by atoms with Crippen molar-refractivity contribution < 1.29 is 14.3 Å². The largest absolute Gasteiger partial charge is 0.461 e. The summed E-state index contributed by atoms with van der Waals surface area (Å²) < 4.78 is 7.75. The molecule has 1 N–H and O–H groups in total. The van der Waals surface area contributed by atoms with E-state index in [1.54, 1.807) is 41.9 Å². The van der Waals surface area contributed by atoms with Gasteiger partial charge in [-0.15, -0.1) is 0 Å². The third kappa shape index (κ3) is 4.63. The molecule has 0 fully saturated rings. The number of hydrogen-bond donors (Lipinski definition) is 1. The number of nitrogens with zero attached hydrogens (tertiary/aromatic N) is 3. The lowest BCUT2D eigenvalue weighted by molar-refractivity contribution is 0.0519. The van der Waals surface area contributed by atoms with Gasteiger partial charge in [0.2, 0.25) is 0 Å². The number of halogens is 1. The first-order valence-electron chi connectivity index (χ1n) is 9.83. The number of hydrogen-bond acceptors (Lipinski definition) is 6. The smallest absolute Gasteiger partial charge is 0.358 e. The molecule has 0 aliphatic carbocycles. The standard InChI is InChI=1S/C23H19BrN4O3S/c1-3-31-22(30)18-13-19(28(27-18)17-11-9-16(24)10-12-17)20-14(2)25-23(32-20)26-21(29)15-7-5-4-6-8-15/h4-13H,3H2,1-2H3,(H,25,26,29). The van der Waals surface area contributed by atoms with Gasteiger partial charge in [0.15, 0.2) is 10.8 Å². The van der Waals surface area contributed by atoms with Gasteiger partial charge in [-0.25, -0.2) is 14.5 Å². The molecule has 0 saturated heterocycles. The molecule has 2 aromatic carbocycles. The molecular formula is C23H19BrN4O3S. The van der Waals surface area contributed by atoms with E-state index in [4.69, 9.17) is 4.74 Å². The van der Waals surface area contributed by atoms with Gasteiger partial charge in [0.1, 0.15) is 0 Å². The van der Waals surface area contributed by atoms with E-state index in [-0.39, 0.29) is 18.2 Å². The Labute approximate surface area is 197 Å². The van der Waals surface area contributed by atoms with E-state index in [0.29, 0.717) is 22.1 Å². The van der Waals surface area contributed by atoms with Crippen molar-refractivity contribution in [2.45, 2.75) is 13.8 Å². The van der Waals surface area contributed by atoms with Crippen molar-refractivity contribution in [2.24, 2.45) is 0 Å². The van der Waals surface area contributed by atoms with E-state index in [2.05, 4.69) is 31.3 Å². The van der Waals surface area contributed by atoms with Gasteiger partial charge < -0.3 is 4.74 Å². The minimum Gasteiger partial charge on any atom is -0.461 e. The fourth-order valence-corrected chi connectivity index (χ4v) is 4.30. The van der Waals surface area contributed by atoms with Crippen molar-refractivity contribution in [2.75, 3.05) is 11.9 Å². The molecule has 0 radical (unpaired) electrons. The van der Waals surface area contributed by atoms with Crippen molar-refractivity contribution in [3.63, 3.8) is 0 Å². The van der Waals surface area contributed by atoms with Gasteiger partial charge in [-0.1, -0.05) is 45.5 Å². The highest BCUT2D eigenvalue weighted by Crippen LogP contribution is 2.35. The Kier molecular flexibility index (Phi) is 6.48. The van der Waals surface area contributed by atoms with Crippen LogP contribution in [0.3, 0.4) is 0 Å². The summed E-state index contributed by atoms with van der Waals surface area (Å²) in [6.07, 6.45) is 0. The molecule has 2 heterocycles. The predicted molar refractivity (Wildman–Crippen MR) is 127 cm³/mol. The Morgan fingerprint density at radius 3 is 2.53 bits per heavy atom. The molecule has 1 amide bonds. The summed E-state index contributed by atoms with van der Waals surface area (Å²) in [5, 5.41) is 7.79. The molecule has 0 saturated carbocycles. The SMILES string of the molecule is CCOC(=O)c1cc(-c2sc(NC(=O)c3ccccc3)nc2C)n(-c2ccc(Br)cc2)n1. The summed E-state index contributed by atoms with van der Waals surface area (Å²) in [5.74, 6) is -0.732. The molecule has 32 heavy (non-hydrogen) atoms. The average Bonchev–Trinajstić information content (AvgIpc) is 3.38. The molecule has 0 unspecified atom stereocenters. The van der Waals surface area contributed by atoms with Gasteiger partial charge in [-0.05, 0) is 50.2 Å². The van der Waals surface area contributed by atoms with Crippen LogP contribution in [0, 0.1) is 6.92 Å². The summed E-state index contributed by atoms with van der Waals surface area (Å²) in [7, 11) is 0. The van der Waals surface area contributed by atoms with Crippen LogP contribution in [0.2, 0.25) is 0 Å². The van der Waals surface area contributed by atoms with Gasteiger partial charge in [-0.3, -0.25) is 10.1 Å². The highest BCUT2D eigenvalue weighted by molar-refractivity contribution is 9.10. The van der Waals surface area contributed by atoms with Crippen LogP contribution in [-0.2, 0) is 4.74 Å². The first-order valence-corrected chi connectivity index (χ1v) is 11.4. The summed E-state index contributed by atoms with van der Waals surface area (Å²) in [5.41, 5.74) is 2.93. The third-order valence-electron chi connectivity index (χ3n) is 4.55. The number of benzene rings is 2. The van der Waals surface area contributed by atoms with Gasteiger partial charge >= 0.3 is 5.97 Å². The van der Waals surface area contributed by atoms with Crippen molar-refractivity contribution in [3.05, 3.63) is 82.1 Å². The van der Waals surface area contributed by atoms with Gasteiger partial charge in [0.25, 0.3) is 5.91 Å². The molecule has 0 spiro atoms. The number of aromatic nitrogens is 3. The van der Waals surface area contributed by atoms with Crippen LogP contribution in [0.5, 0.6) is 0 Å². The Bertz CT molecular complexity index is 1270. The summed E-state index contributed by atoms with van der Waals surface area (Å²) >= 11 is 4.76. The number of aryl methyl sites for hydroxylation is 1. The lowest BCUT2D eigenvalue weighted by Gasteiger charge is -2.06. The number of rotatable bonds is 6. The summed E-state index contributed by atoms with van der Waals surface area (Å²) in [4.78, 5) is 30.2. The Balaban J connectivity index is 1.73. The fourth-order valence-electron chi connectivity index (χ4n) is 3.07. The number of esters is 1. The second-order valence-corrected chi connectivity index (χ2v) is 8.69. The minimum atomic E-state index is -0.496. The van der Waals surface area contributed by atoms with Crippen LogP contribution >= 0.6 is 27.3 Å². The first-order chi connectivity index (χ1) is 15.5. The quantitative estimate of drug-likeness (QED) is 0.346. The lowest BCUT2D eigenvalue weighted by Crippen LogP contribution is -2.11. The van der Waals surface area contributed by atoms with Gasteiger partial charge in [0, 0.05) is 16.1 Å². The van der Waals surface area contributed by atoms with Crippen molar-refractivity contribution in [1.29, 1.82) is 0 Å². The third-order valence-corrected chi connectivity index (χ3v) is 6.17. The summed E-state index contributed by atoms with van der Waals surface area (Å²) in [6.45, 7) is 3.86. The maximum Gasteiger partial charge on any atom is 0.358 e. The van der Waals surface area contributed by atoms with Crippen molar-refractivity contribution in [3.8, 4) is 16.3 Å². The number of nitrogens with one attached hydrogen (secondary N) is 1. The average molecular weight is 511 g/mol. The van der Waals surface area contributed by atoms with Crippen molar-refractivity contribution in [1.82, 2.24) is 14.8 Å². The van der Waals surface area contributed by atoms with Gasteiger partial charge in [-0.2, -0.15) is 5.10 Å². The van der Waals surface area contributed by atoms with E-state index in [0.717, 1.165) is 15.0 Å². The van der Waals surface area contributed by atoms with E-state index in [1.165, 1.54) is 11.3 Å². The topological polar surface area (TPSA) is 86.1 Å². The predicted octanol–water partition coefficient (Wildman–Crippen LogP) is 5.50. The van der Waals surface area contributed by atoms with E-state index < -0.39 is 5.97 Å². The Morgan fingerprint density at radius 2 is 1.84 bits per heavy atom. The number of ether oxygens (including phenoxy) is 1. The number of carbonyl (C=O) groups excluding carboxylic acids is 2. The van der Waals surface area contributed by atoms with E-state index in [1.807, 2.05) is 37.3 Å². The zero-order chi connectivity index (χ0) is 22.7. The van der Waals surface area contributed by atoms with Crippen LogP contribution < -0.4 is 5.32 Å². The maximum absolute atomic E-state index is 12.5. The van der Waals surface area contributed by atoms with Gasteiger partial charge in [0.05, 0.1) is 28.6 Å². The molecule has 4 rings (SSSR count). The molecule has 0 bridgehead atoms. The normalized spacial score (nSPS) is 10.7. The summed E-state index contributed by atoms with van der Waals surface area (Å²) in [6, 6.07) is 18.2. The zero-order valence-electron chi connectivity index (χ0n) is 17.3.